The Balaban J connectivity index is 2.20. The minimum Gasteiger partial charge on any atom is -0.399 e. The Bertz CT molecular complexity index is 550. The summed E-state index contributed by atoms with van der Waals surface area (Å²) in [6.07, 6.45) is 0. The number of benzene rings is 1. The maximum atomic E-state index is 5.84. The van der Waals surface area contributed by atoms with Gasteiger partial charge in [-0.15, -0.1) is 0 Å². The predicted molar refractivity (Wildman–Crippen MR) is 81.7 cm³/mol. The van der Waals surface area contributed by atoms with Gasteiger partial charge in [-0.25, -0.2) is 4.98 Å². The summed E-state index contributed by atoms with van der Waals surface area (Å²) in [4.78, 5) is 6.72. The number of anilines is 2. The molecule has 2 rings (SSSR count). The molecule has 0 radical (unpaired) electrons. The van der Waals surface area contributed by atoms with Crippen LogP contribution in [0.4, 0.5) is 10.8 Å². The van der Waals surface area contributed by atoms with Crippen molar-refractivity contribution in [3.63, 3.8) is 0 Å². The fourth-order valence-electron chi connectivity index (χ4n) is 1.81. The van der Waals surface area contributed by atoms with Crippen LogP contribution in [-0.2, 0) is 0 Å². The average molecular weight is 276 g/mol. The Kier molecular flexibility index (Phi) is 4.04. The summed E-state index contributed by atoms with van der Waals surface area (Å²) in [6, 6.07) is 8.19. The third-order valence-electron chi connectivity index (χ3n) is 3.22. The molecule has 19 heavy (non-hydrogen) atoms. The molecule has 4 nitrogen and oxygen atoms in total. The first-order chi connectivity index (χ1) is 8.99. The first kappa shape index (κ1) is 13.8. The van der Waals surface area contributed by atoms with Crippen molar-refractivity contribution in [3.05, 3.63) is 35.7 Å². The van der Waals surface area contributed by atoms with E-state index in [1.54, 1.807) is 0 Å². The van der Waals surface area contributed by atoms with Gasteiger partial charge >= 0.3 is 0 Å². The maximum absolute atomic E-state index is 5.84. The number of hydrogen-bond donors (Lipinski definition) is 1. The van der Waals surface area contributed by atoms with Crippen LogP contribution in [0.1, 0.15) is 44.1 Å². The number of nitrogen functional groups attached to an aromatic ring is 1. The molecule has 1 heterocycles. The van der Waals surface area contributed by atoms with Crippen molar-refractivity contribution in [3.8, 4) is 0 Å². The second-order valence-corrected chi connectivity index (χ2v) is 5.78. The number of rotatable bonds is 4. The summed E-state index contributed by atoms with van der Waals surface area (Å²) in [5, 5.41) is 0.943. The molecule has 102 valence electrons. The van der Waals surface area contributed by atoms with Gasteiger partial charge in [0.25, 0.3) is 0 Å². The van der Waals surface area contributed by atoms with Gasteiger partial charge in [0.2, 0.25) is 5.13 Å². The summed E-state index contributed by atoms with van der Waals surface area (Å²) in [5.74, 6) is 1.27. The molecule has 0 aliphatic carbocycles. The van der Waals surface area contributed by atoms with E-state index in [-0.39, 0.29) is 6.04 Å². The van der Waals surface area contributed by atoms with Gasteiger partial charge in [-0.2, -0.15) is 4.37 Å². The van der Waals surface area contributed by atoms with E-state index >= 15 is 0 Å². The fraction of sp³-hybridized carbons (Fsp3) is 0.429. The lowest BCUT2D eigenvalue weighted by Crippen LogP contribution is -2.21. The molecule has 5 heteroatoms. The van der Waals surface area contributed by atoms with Gasteiger partial charge < -0.3 is 10.6 Å². The van der Waals surface area contributed by atoms with E-state index in [9.17, 15) is 0 Å². The molecule has 2 aromatic rings. The van der Waals surface area contributed by atoms with E-state index in [1.807, 2.05) is 25.2 Å². The van der Waals surface area contributed by atoms with Crippen LogP contribution in [0, 0.1) is 0 Å². The smallest absolute Gasteiger partial charge is 0.205 e. The van der Waals surface area contributed by atoms with Gasteiger partial charge in [0.15, 0.2) is 0 Å². The molecular weight excluding hydrogens is 256 g/mol. The van der Waals surface area contributed by atoms with Crippen LogP contribution in [0.3, 0.4) is 0 Å². The molecule has 0 aliphatic rings. The van der Waals surface area contributed by atoms with Crippen molar-refractivity contribution >= 4 is 22.4 Å². The van der Waals surface area contributed by atoms with Crippen LogP contribution in [0.25, 0.3) is 0 Å². The first-order valence-corrected chi connectivity index (χ1v) is 7.18. The van der Waals surface area contributed by atoms with Crippen LogP contribution in [-0.4, -0.2) is 16.4 Å². The van der Waals surface area contributed by atoms with Gasteiger partial charge in [0.05, 0.1) is 6.04 Å². The number of nitrogens with zero attached hydrogens (tertiary/aromatic N) is 3. The van der Waals surface area contributed by atoms with Gasteiger partial charge in [-0.1, -0.05) is 26.0 Å². The topological polar surface area (TPSA) is 55.0 Å². The predicted octanol–water partition coefficient (Wildman–Crippen LogP) is 3.44. The van der Waals surface area contributed by atoms with Crippen molar-refractivity contribution in [2.24, 2.45) is 0 Å². The van der Waals surface area contributed by atoms with Crippen LogP contribution < -0.4 is 10.6 Å². The largest absolute Gasteiger partial charge is 0.399 e. The summed E-state index contributed by atoms with van der Waals surface area (Å²) < 4.78 is 4.39. The standard InChI is InChI=1S/C14H20N4S/c1-9(2)13-16-14(19-17-13)18(4)10(3)11-6-5-7-12(15)8-11/h5-10H,15H2,1-4H3. The Morgan fingerprint density at radius 3 is 2.58 bits per heavy atom. The molecule has 0 fully saturated rings. The van der Waals surface area contributed by atoms with Gasteiger partial charge in [-0.05, 0) is 24.6 Å². The minimum atomic E-state index is 0.219. The molecule has 0 saturated heterocycles. The highest BCUT2D eigenvalue weighted by molar-refractivity contribution is 7.09. The number of aromatic nitrogens is 2. The molecule has 0 amide bonds. The molecule has 1 unspecified atom stereocenters. The van der Waals surface area contributed by atoms with Crippen molar-refractivity contribution in [2.45, 2.75) is 32.7 Å². The molecule has 0 aliphatic heterocycles. The molecule has 1 aromatic carbocycles. The summed E-state index contributed by atoms with van der Waals surface area (Å²) >= 11 is 1.45. The summed E-state index contributed by atoms with van der Waals surface area (Å²) in [6.45, 7) is 6.35. The quantitative estimate of drug-likeness (QED) is 0.869. The van der Waals surface area contributed by atoms with E-state index in [1.165, 1.54) is 17.1 Å². The monoisotopic (exact) mass is 276 g/mol. The normalized spacial score (nSPS) is 12.7. The second-order valence-electron chi connectivity index (χ2n) is 5.05. The Morgan fingerprint density at radius 2 is 2.00 bits per heavy atom. The van der Waals surface area contributed by atoms with E-state index < -0.39 is 0 Å². The Labute approximate surface area is 118 Å². The molecule has 2 N–H and O–H groups in total. The van der Waals surface area contributed by atoms with E-state index in [2.05, 4.69) is 41.1 Å². The zero-order chi connectivity index (χ0) is 14.0. The van der Waals surface area contributed by atoms with Gasteiger partial charge in [0.1, 0.15) is 5.82 Å². The van der Waals surface area contributed by atoms with E-state index in [0.29, 0.717) is 5.92 Å². The molecule has 0 bridgehead atoms. The highest BCUT2D eigenvalue weighted by Gasteiger charge is 2.17. The van der Waals surface area contributed by atoms with Crippen LogP contribution in [0.5, 0.6) is 0 Å². The lowest BCUT2D eigenvalue weighted by Gasteiger charge is -2.24. The Morgan fingerprint density at radius 1 is 1.26 bits per heavy atom. The van der Waals surface area contributed by atoms with Crippen molar-refractivity contribution in [1.29, 1.82) is 0 Å². The zero-order valence-electron chi connectivity index (χ0n) is 11.8. The molecular formula is C14H20N4S. The minimum absolute atomic E-state index is 0.219. The lowest BCUT2D eigenvalue weighted by atomic mass is 10.1. The van der Waals surface area contributed by atoms with Crippen LogP contribution in [0.15, 0.2) is 24.3 Å². The maximum Gasteiger partial charge on any atom is 0.205 e. The molecule has 0 spiro atoms. The fourth-order valence-corrected chi connectivity index (χ4v) is 2.66. The van der Waals surface area contributed by atoms with Crippen molar-refractivity contribution < 1.29 is 0 Å². The van der Waals surface area contributed by atoms with Crippen LogP contribution in [0.2, 0.25) is 0 Å². The average Bonchev–Trinajstić information content (AvgIpc) is 2.86. The molecule has 1 atom stereocenters. The number of nitrogens with two attached hydrogens (primary N) is 1. The van der Waals surface area contributed by atoms with Gasteiger partial charge in [-0.3, -0.25) is 0 Å². The molecule has 1 aromatic heterocycles. The summed E-state index contributed by atoms with van der Waals surface area (Å²) in [7, 11) is 2.04. The SMILES string of the molecule is CC(C)c1nsc(N(C)C(C)c2cccc(N)c2)n1. The lowest BCUT2D eigenvalue weighted by molar-refractivity contribution is 0.728. The third kappa shape index (κ3) is 3.04. The van der Waals surface area contributed by atoms with Crippen molar-refractivity contribution in [1.82, 2.24) is 9.36 Å². The highest BCUT2D eigenvalue weighted by atomic mass is 32.1. The van der Waals surface area contributed by atoms with E-state index in [0.717, 1.165) is 16.6 Å². The zero-order valence-corrected chi connectivity index (χ0v) is 12.6. The molecule has 0 saturated carbocycles. The summed E-state index contributed by atoms with van der Waals surface area (Å²) in [5.41, 5.74) is 7.81. The Hall–Kier alpha value is -1.62. The van der Waals surface area contributed by atoms with E-state index in [4.69, 9.17) is 5.73 Å². The van der Waals surface area contributed by atoms with Crippen molar-refractivity contribution in [2.75, 3.05) is 17.7 Å². The first-order valence-electron chi connectivity index (χ1n) is 6.41. The third-order valence-corrected chi connectivity index (χ3v) is 4.04. The number of hydrogen-bond acceptors (Lipinski definition) is 5. The van der Waals surface area contributed by atoms with Crippen LogP contribution >= 0.6 is 11.5 Å². The highest BCUT2D eigenvalue weighted by Crippen LogP contribution is 2.28. The van der Waals surface area contributed by atoms with Gasteiger partial charge in [0, 0.05) is 30.2 Å². The second kappa shape index (κ2) is 5.57.